The third-order valence-corrected chi connectivity index (χ3v) is 5.79. The topological polar surface area (TPSA) is 84.4 Å². The Morgan fingerprint density at radius 1 is 0.917 bits per heavy atom. The predicted octanol–water partition coefficient (Wildman–Crippen LogP) is 4.82. The molecule has 0 fully saturated rings. The molecule has 1 heterocycles. The van der Waals surface area contributed by atoms with Crippen molar-refractivity contribution in [1.29, 1.82) is 0 Å². The van der Waals surface area contributed by atoms with E-state index in [0.29, 0.717) is 34.8 Å². The summed E-state index contributed by atoms with van der Waals surface area (Å²) in [6.45, 7) is 4.11. The second-order valence-corrected chi connectivity index (χ2v) is 8.94. The van der Waals surface area contributed by atoms with E-state index in [4.69, 9.17) is 4.74 Å². The molecule has 3 aromatic carbocycles. The number of aromatic amines is 1. The van der Waals surface area contributed by atoms with Gasteiger partial charge < -0.3 is 9.64 Å². The summed E-state index contributed by atoms with van der Waals surface area (Å²) in [7, 11) is 1.56. The van der Waals surface area contributed by atoms with Gasteiger partial charge in [0.2, 0.25) is 0 Å². The van der Waals surface area contributed by atoms with Crippen LogP contribution in [0.1, 0.15) is 34.6 Å². The van der Waals surface area contributed by atoms with Crippen LogP contribution in [0.15, 0.2) is 89.7 Å². The molecule has 0 aliphatic heterocycles. The summed E-state index contributed by atoms with van der Waals surface area (Å²) >= 11 is 0. The lowest BCUT2D eigenvalue weighted by Crippen LogP contribution is -2.39. The summed E-state index contributed by atoms with van der Waals surface area (Å²) in [6, 6.07) is 25.1. The second-order valence-electron chi connectivity index (χ2n) is 8.94. The maximum atomic E-state index is 13.7. The molecule has 1 amide bonds. The maximum absolute atomic E-state index is 13.7. The number of methoxy groups -OCH3 is 1. The van der Waals surface area contributed by atoms with Crippen molar-refractivity contribution in [2.75, 3.05) is 20.2 Å². The van der Waals surface area contributed by atoms with Crippen molar-refractivity contribution >= 4 is 11.7 Å². The fourth-order valence-electron chi connectivity index (χ4n) is 4.10. The summed E-state index contributed by atoms with van der Waals surface area (Å²) in [5.41, 5.74) is 1.78. The first-order chi connectivity index (χ1) is 17.4. The van der Waals surface area contributed by atoms with Crippen molar-refractivity contribution in [1.82, 2.24) is 14.7 Å². The van der Waals surface area contributed by atoms with Crippen LogP contribution in [0.5, 0.6) is 5.75 Å². The Morgan fingerprint density at radius 3 is 2.11 bits per heavy atom. The lowest BCUT2D eigenvalue weighted by Gasteiger charge is -2.24. The van der Waals surface area contributed by atoms with Crippen molar-refractivity contribution in [3.63, 3.8) is 0 Å². The van der Waals surface area contributed by atoms with Crippen LogP contribution in [-0.4, -0.2) is 46.6 Å². The Kier molecular flexibility index (Phi) is 7.49. The molecule has 0 atom stereocenters. The van der Waals surface area contributed by atoms with Gasteiger partial charge in [-0.25, -0.2) is 4.68 Å². The van der Waals surface area contributed by atoms with Gasteiger partial charge in [0.15, 0.2) is 5.78 Å². The van der Waals surface area contributed by atoms with Crippen LogP contribution < -0.4 is 10.3 Å². The number of carbonyl (C=O) groups is 2. The second kappa shape index (κ2) is 10.9. The first kappa shape index (κ1) is 24.7. The third-order valence-electron chi connectivity index (χ3n) is 5.79. The van der Waals surface area contributed by atoms with Gasteiger partial charge in [-0.3, -0.25) is 19.5 Å². The molecule has 0 saturated heterocycles. The van der Waals surface area contributed by atoms with Crippen LogP contribution in [0.4, 0.5) is 0 Å². The molecule has 0 spiro atoms. The number of amides is 1. The van der Waals surface area contributed by atoms with Crippen LogP contribution in [0.25, 0.3) is 16.9 Å². The molecule has 184 valence electrons. The number of carbonyl (C=O) groups excluding carboxylic acids is 2. The summed E-state index contributed by atoms with van der Waals surface area (Å²) in [5.74, 6) is 0.0623. The average Bonchev–Trinajstić information content (AvgIpc) is 3.25. The zero-order valence-electron chi connectivity index (χ0n) is 20.6. The third kappa shape index (κ3) is 5.30. The number of nitrogens with zero attached hydrogens (tertiary/aromatic N) is 2. The normalized spacial score (nSPS) is 10.9. The summed E-state index contributed by atoms with van der Waals surface area (Å²) in [5, 5.41) is 3.12. The molecule has 7 nitrogen and oxygen atoms in total. The number of benzene rings is 3. The van der Waals surface area contributed by atoms with Gasteiger partial charge >= 0.3 is 0 Å². The zero-order chi connectivity index (χ0) is 25.7. The number of Topliss-reactive ketones (excluding diaryl/α,β-unsaturated/α-hetero) is 1. The van der Waals surface area contributed by atoms with Gasteiger partial charge in [-0.15, -0.1) is 0 Å². The van der Waals surface area contributed by atoms with E-state index < -0.39 is 11.3 Å². The molecule has 4 rings (SSSR count). The van der Waals surface area contributed by atoms with E-state index in [1.165, 1.54) is 9.58 Å². The molecule has 0 radical (unpaired) electrons. The van der Waals surface area contributed by atoms with Crippen molar-refractivity contribution in [2.24, 2.45) is 5.92 Å². The van der Waals surface area contributed by atoms with Gasteiger partial charge in [0, 0.05) is 17.7 Å². The highest BCUT2D eigenvalue weighted by Crippen LogP contribution is 2.22. The number of nitrogens with one attached hydrogen (secondary N) is 1. The lowest BCUT2D eigenvalue weighted by molar-refractivity contribution is 0.0691. The number of ether oxygens (including phenoxy) is 1. The molecule has 36 heavy (non-hydrogen) atoms. The van der Waals surface area contributed by atoms with Gasteiger partial charge in [0.25, 0.3) is 11.5 Å². The first-order valence-corrected chi connectivity index (χ1v) is 11.8. The standard InChI is InChI=1S/C29H29N3O4/c1-20(2)18-31(28(34)22-14-16-24(36-3)17-15-22)19-25(33)26-27(21-10-6-4-7-11-21)30-32(29(26)35)23-12-8-5-9-13-23/h4-17,20,30H,18-19H2,1-3H3. The van der Waals surface area contributed by atoms with Gasteiger partial charge in [0.05, 0.1) is 25.0 Å². The highest BCUT2D eigenvalue weighted by Gasteiger charge is 2.27. The maximum Gasteiger partial charge on any atom is 0.282 e. The molecule has 1 N–H and O–H groups in total. The van der Waals surface area contributed by atoms with E-state index >= 15 is 0 Å². The van der Waals surface area contributed by atoms with E-state index in [0.717, 1.165) is 0 Å². The number of rotatable bonds is 9. The largest absolute Gasteiger partial charge is 0.497 e. The Labute approximate surface area is 209 Å². The van der Waals surface area contributed by atoms with Crippen LogP contribution in [0, 0.1) is 5.92 Å². The lowest BCUT2D eigenvalue weighted by atomic mass is 10.0. The number of aromatic nitrogens is 2. The molecule has 0 saturated carbocycles. The number of H-pyrrole nitrogens is 1. The van der Waals surface area contributed by atoms with E-state index in [1.807, 2.05) is 62.4 Å². The quantitative estimate of drug-likeness (QED) is 0.346. The van der Waals surface area contributed by atoms with Crippen LogP contribution in [0.2, 0.25) is 0 Å². The van der Waals surface area contributed by atoms with Crippen LogP contribution in [0.3, 0.4) is 0 Å². The predicted molar refractivity (Wildman–Crippen MR) is 140 cm³/mol. The molecule has 0 bridgehead atoms. The number of hydrogen-bond donors (Lipinski definition) is 1. The number of para-hydroxylation sites is 1. The molecular formula is C29H29N3O4. The molecule has 1 aromatic heterocycles. The van der Waals surface area contributed by atoms with Gasteiger partial charge in [-0.05, 0) is 42.3 Å². The fraction of sp³-hybridized carbons (Fsp3) is 0.207. The summed E-state index contributed by atoms with van der Waals surface area (Å²) in [6.07, 6.45) is 0. The highest BCUT2D eigenvalue weighted by atomic mass is 16.5. The molecule has 0 aliphatic rings. The fourth-order valence-corrected chi connectivity index (χ4v) is 4.10. The Balaban J connectivity index is 1.73. The smallest absolute Gasteiger partial charge is 0.282 e. The van der Waals surface area contributed by atoms with E-state index in [9.17, 15) is 14.4 Å². The SMILES string of the molecule is COc1ccc(C(=O)N(CC(=O)c2c(-c3ccccc3)[nH]n(-c3ccccc3)c2=O)CC(C)C)cc1. The van der Waals surface area contributed by atoms with Crippen molar-refractivity contribution in [2.45, 2.75) is 13.8 Å². The zero-order valence-corrected chi connectivity index (χ0v) is 20.6. The van der Waals surface area contributed by atoms with Gasteiger partial charge in [0.1, 0.15) is 11.3 Å². The minimum Gasteiger partial charge on any atom is -0.497 e. The van der Waals surface area contributed by atoms with Crippen molar-refractivity contribution < 1.29 is 14.3 Å². The minimum absolute atomic E-state index is 0.0290. The molecule has 0 aliphatic carbocycles. The average molecular weight is 484 g/mol. The monoisotopic (exact) mass is 483 g/mol. The summed E-state index contributed by atoms with van der Waals surface area (Å²) < 4.78 is 6.55. The van der Waals surface area contributed by atoms with E-state index in [1.54, 1.807) is 43.5 Å². The van der Waals surface area contributed by atoms with E-state index in [-0.39, 0.29) is 23.9 Å². The van der Waals surface area contributed by atoms with E-state index in [2.05, 4.69) is 5.10 Å². The Morgan fingerprint density at radius 2 is 1.53 bits per heavy atom. The summed E-state index contributed by atoms with van der Waals surface area (Å²) in [4.78, 5) is 42.1. The highest BCUT2D eigenvalue weighted by molar-refractivity contribution is 6.05. The molecule has 7 heteroatoms. The Bertz CT molecular complexity index is 1390. The number of ketones is 1. The minimum atomic E-state index is -0.452. The Hall–Kier alpha value is -4.39. The van der Waals surface area contributed by atoms with Crippen molar-refractivity contribution in [3.05, 3.63) is 106 Å². The molecular weight excluding hydrogens is 454 g/mol. The van der Waals surface area contributed by atoms with Crippen LogP contribution in [-0.2, 0) is 0 Å². The van der Waals surface area contributed by atoms with Gasteiger partial charge in [-0.2, -0.15) is 0 Å². The van der Waals surface area contributed by atoms with Crippen LogP contribution >= 0.6 is 0 Å². The van der Waals surface area contributed by atoms with Crippen molar-refractivity contribution in [3.8, 4) is 22.7 Å². The molecule has 4 aromatic rings. The van der Waals surface area contributed by atoms with Gasteiger partial charge in [-0.1, -0.05) is 62.4 Å². The molecule has 0 unspecified atom stereocenters. The number of hydrogen-bond acceptors (Lipinski definition) is 4. The first-order valence-electron chi connectivity index (χ1n) is 11.8.